The topological polar surface area (TPSA) is 28.4 Å². The summed E-state index contributed by atoms with van der Waals surface area (Å²) >= 11 is 12.2. The molecule has 0 radical (unpaired) electrons. The molecule has 2 aromatic rings. The summed E-state index contributed by atoms with van der Waals surface area (Å²) < 4.78 is 5.84. The third-order valence-corrected chi connectivity index (χ3v) is 4.04. The lowest BCUT2D eigenvalue weighted by molar-refractivity contribution is 0.233. The zero-order chi connectivity index (χ0) is 13.4. The second-order valence-electron chi connectivity index (χ2n) is 5.13. The summed E-state index contributed by atoms with van der Waals surface area (Å²) in [7, 11) is 2.14. The van der Waals surface area contributed by atoms with Gasteiger partial charge in [-0.05, 0) is 19.2 Å². The van der Waals surface area contributed by atoms with Crippen LogP contribution in [0.4, 0.5) is 0 Å². The van der Waals surface area contributed by atoms with E-state index in [4.69, 9.17) is 27.6 Å². The van der Waals surface area contributed by atoms with E-state index in [1.165, 1.54) is 0 Å². The number of nitrogens with zero attached hydrogens (tertiary/aromatic N) is 1. The second-order valence-corrected chi connectivity index (χ2v) is 5.97. The number of nitrogens with one attached hydrogen (secondary N) is 1. The molecule has 1 aromatic carbocycles. The van der Waals surface area contributed by atoms with Crippen LogP contribution < -0.4 is 5.32 Å². The van der Waals surface area contributed by atoms with Gasteiger partial charge in [0.05, 0.1) is 5.02 Å². The zero-order valence-electron chi connectivity index (χ0n) is 10.7. The summed E-state index contributed by atoms with van der Waals surface area (Å²) in [6.45, 7) is 3.15. The van der Waals surface area contributed by atoms with Gasteiger partial charge in [0.15, 0.2) is 0 Å². The Balaban J connectivity index is 1.83. The monoisotopic (exact) mass is 298 g/mol. The molecule has 19 heavy (non-hydrogen) atoms. The largest absolute Gasteiger partial charge is 0.461 e. The van der Waals surface area contributed by atoms with Gasteiger partial charge in [0.1, 0.15) is 11.3 Å². The summed E-state index contributed by atoms with van der Waals surface area (Å²) in [6, 6.07) is 6.00. The number of furan rings is 1. The molecule has 1 atom stereocenters. The SMILES string of the molecule is CN1CCNC(Cc2cc3c(Cl)cc(Cl)cc3o2)C1. The molecule has 0 amide bonds. The molecular weight excluding hydrogens is 283 g/mol. The maximum Gasteiger partial charge on any atom is 0.137 e. The molecule has 1 aliphatic heterocycles. The van der Waals surface area contributed by atoms with Gasteiger partial charge in [-0.1, -0.05) is 23.2 Å². The molecular formula is C14H16Cl2N2O. The van der Waals surface area contributed by atoms with Crippen LogP contribution in [0.5, 0.6) is 0 Å². The van der Waals surface area contributed by atoms with Gasteiger partial charge in [-0.2, -0.15) is 0 Å². The molecule has 3 rings (SSSR count). The summed E-state index contributed by atoms with van der Waals surface area (Å²) in [5, 5.41) is 5.69. The summed E-state index contributed by atoms with van der Waals surface area (Å²) in [4.78, 5) is 2.33. The van der Waals surface area contributed by atoms with Gasteiger partial charge in [-0.15, -0.1) is 0 Å². The van der Waals surface area contributed by atoms with Crippen molar-refractivity contribution in [3.8, 4) is 0 Å². The predicted octanol–water partition coefficient (Wildman–Crippen LogP) is 3.19. The number of likely N-dealkylation sites (N-methyl/N-ethyl adjacent to an activating group) is 1. The number of benzene rings is 1. The molecule has 1 N–H and O–H groups in total. The smallest absolute Gasteiger partial charge is 0.137 e. The fourth-order valence-corrected chi connectivity index (χ4v) is 3.12. The minimum absolute atomic E-state index is 0.425. The highest BCUT2D eigenvalue weighted by molar-refractivity contribution is 6.38. The van der Waals surface area contributed by atoms with Crippen molar-refractivity contribution in [3.63, 3.8) is 0 Å². The third kappa shape index (κ3) is 2.90. The molecule has 2 heterocycles. The van der Waals surface area contributed by atoms with Crippen LogP contribution in [-0.4, -0.2) is 37.6 Å². The van der Waals surface area contributed by atoms with Crippen molar-refractivity contribution >= 4 is 34.2 Å². The number of hydrogen-bond acceptors (Lipinski definition) is 3. The number of halogens is 2. The van der Waals surface area contributed by atoms with Crippen LogP contribution >= 0.6 is 23.2 Å². The molecule has 1 saturated heterocycles. The average molecular weight is 299 g/mol. The van der Waals surface area contributed by atoms with E-state index in [0.717, 1.165) is 42.8 Å². The molecule has 1 fully saturated rings. The highest BCUT2D eigenvalue weighted by Crippen LogP contribution is 2.30. The van der Waals surface area contributed by atoms with E-state index in [0.29, 0.717) is 16.1 Å². The fraction of sp³-hybridized carbons (Fsp3) is 0.429. The molecule has 0 bridgehead atoms. The normalized spacial score (nSPS) is 21.1. The van der Waals surface area contributed by atoms with E-state index in [1.54, 1.807) is 6.07 Å². The first kappa shape index (κ1) is 13.3. The standard InChI is InChI=1S/C14H16Cl2N2O/c1-18-3-2-17-10(8-18)6-11-7-12-13(16)4-9(15)5-14(12)19-11/h4-5,7,10,17H,2-3,6,8H2,1H3. The zero-order valence-corrected chi connectivity index (χ0v) is 12.3. The molecule has 1 aliphatic rings. The maximum absolute atomic E-state index is 6.17. The third-order valence-electron chi connectivity index (χ3n) is 3.51. The van der Waals surface area contributed by atoms with Crippen molar-refractivity contribution in [2.75, 3.05) is 26.7 Å². The average Bonchev–Trinajstić information content (AvgIpc) is 2.71. The number of fused-ring (bicyclic) bond motifs is 1. The van der Waals surface area contributed by atoms with Gasteiger partial charge in [0.25, 0.3) is 0 Å². The lowest BCUT2D eigenvalue weighted by atomic mass is 10.1. The summed E-state index contributed by atoms with van der Waals surface area (Å²) in [5.74, 6) is 0.951. The van der Waals surface area contributed by atoms with Crippen molar-refractivity contribution in [2.45, 2.75) is 12.5 Å². The molecule has 3 nitrogen and oxygen atoms in total. The maximum atomic E-state index is 6.17. The van der Waals surface area contributed by atoms with E-state index in [1.807, 2.05) is 12.1 Å². The minimum Gasteiger partial charge on any atom is -0.461 e. The predicted molar refractivity (Wildman–Crippen MR) is 79.2 cm³/mol. The van der Waals surface area contributed by atoms with E-state index in [9.17, 15) is 0 Å². The Morgan fingerprint density at radius 1 is 1.37 bits per heavy atom. The van der Waals surface area contributed by atoms with E-state index in [-0.39, 0.29) is 0 Å². The van der Waals surface area contributed by atoms with Crippen molar-refractivity contribution in [1.82, 2.24) is 10.2 Å². The Morgan fingerprint density at radius 2 is 2.21 bits per heavy atom. The second kappa shape index (κ2) is 5.33. The Kier molecular flexibility index (Phi) is 3.72. The van der Waals surface area contributed by atoms with Crippen molar-refractivity contribution in [2.24, 2.45) is 0 Å². The van der Waals surface area contributed by atoms with Crippen LogP contribution in [0.3, 0.4) is 0 Å². The highest BCUT2D eigenvalue weighted by atomic mass is 35.5. The molecule has 0 spiro atoms. The van der Waals surface area contributed by atoms with Gasteiger partial charge < -0.3 is 14.6 Å². The number of piperazine rings is 1. The Morgan fingerprint density at radius 3 is 3.00 bits per heavy atom. The van der Waals surface area contributed by atoms with Crippen molar-refractivity contribution in [3.05, 3.63) is 34.0 Å². The molecule has 1 unspecified atom stereocenters. The van der Waals surface area contributed by atoms with E-state index >= 15 is 0 Å². The highest BCUT2D eigenvalue weighted by Gasteiger charge is 2.19. The van der Waals surface area contributed by atoms with Crippen molar-refractivity contribution < 1.29 is 4.42 Å². The molecule has 0 saturated carbocycles. The molecule has 102 valence electrons. The van der Waals surface area contributed by atoms with Crippen LogP contribution in [0, 0.1) is 0 Å². The lowest BCUT2D eigenvalue weighted by Crippen LogP contribution is -2.49. The van der Waals surface area contributed by atoms with Gasteiger partial charge in [-0.25, -0.2) is 0 Å². The Labute approximate surface area is 122 Å². The minimum atomic E-state index is 0.425. The lowest BCUT2D eigenvalue weighted by Gasteiger charge is -2.30. The first-order valence-corrected chi connectivity index (χ1v) is 7.17. The quantitative estimate of drug-likeness (QED) is 0.923. The molecule has 1 aromatic heterocycles. The van der Waals surface area contributed by atoms with Crippen LogP contribution in [-0.2, 0) is 6.42 Å². The first-order valence-electron chi connectivity index (χ1n) is 6.41. The Bertz CT molecular complexity index is 596. The number of hydrogen-bond donors (Lipinski definition) is 1. The fourth-order valence-electron chi connectivity index (χ4n) is 2.59. The number of rotatable bonds is 2. The van der Waals surface area contributed by atoms with E-state index in [2.05, 4.69) is 17.3 Å². The van der Waals surface area contributed by atoms with Crippen LogP contribution in [0.1, 0.15) is 5.76 Å². The Hall–Kier alpha value is -0.740. The first-order chi connectivity index (χ1) is 9.11. The van der Waals surface area contributed by atoms with Gasteiger partial charge in [0.2, 0.25) is 0 Å². The van der Waals surface area contributed by atoms with Crippen LogP contribution in [0.2, 0.25) is 10.0 Å². The molecule has 5 heteroatoms. The van der Waals surface area contributed by atoms with E-state index < -0.39 is 0 Å². The summed E-state index contributed by atoms with van der Waals surface area (Å²) in [6.07, 6.45) is 0.868. The molecule has 0 aliphatic carbocycles. The van der Waals surface area contributed by atoms with Gasteiger partial charge in [-0.3, -0.25) is 0 Å². The van der Waals surface area contributed by atoms with Gasteiger partial charge in [0, 0.05) is 48.6 Å². The van der Waals surface area contributed by atoms with Crippen LogP contribution in [0.15, 0.2) is 22.6 Å². The van der Waals surface area contributed by atoms with Crippen molar-refractivity contribution in [1.29, 1.82) is 0 Å². The van der Waals surface area contributed by atoms with Crippen LogP contribution in [0.25, 0.3) is 11.0 Å². The van der Waals surface area contributed by atoms with Gasteiger partial charge >= 0.3 is 0 Å². The summed E-state index contributed by atoms with van der Waals surface area (Å²) in [5.41, 5.74) is 0.761.